The second-order valence-corrected chi connectivity index (χ2v) is 10.9. The fourth-order valence-electron chi connectivity index (χ4n) is 4.66. The van der Waals surface area contributed by atoms with E-state index in [4.69, 9.17) is 14.0 Å². The van der Waals surface area contributed by atoms with Gasteiger partial charge in [0.1, 0.15) is 11.5 Å². The van der Waals surface area contributed by atoms with Gasteiger partial charge in [0.2, 0.25) is 0 Å². The molecular weight excluding hydrogens is 512 g/mol. The largest absolute Gasteiger partial charge is 0.496 e. The Kier molecular flexibility index (Phi) is 12.0. The van der Waals surface area contributed by atoms with Crippen LogP contribution < -0.4 is 20.1 Å². The number of fused-ring (bicyclic) bond motifs is 2. The molecule has 0 aliphatic heterocycles. The molecule has 0 unspecified atom stereocenters. The average molecular weight is 553 g/mol. The zero-order chi connectivity index (χ0) is 28.1. The van der Waals surface area contributed by atoms with Gasteiger partial charge in [-0.05, 0) is 85.9 Å². The summed E-state index contributed by atoms with van der Waals surface area (Å²) in [5, 5.41) is 12.2. The van der Waals surface area contributed by atoms with Gasteiger partial charge in [-0.15, -0.1) is 0 Å². The van der Waals surface area contributed by atoms with E-state index in [2.05, 4.69) is 83.4 Å². The molecule has 7 nitrogen and oxygen atoms in total. The minimum absolute atomic E-state index is 0.715. The predicted octanol–water partition coefficient (Wildman–Crippen LogP) is 5.26. The number of benzene rings is 4. The van der Waals surface area contributed by atoms with Crippen molar-refractivity contribution >= 4 is 31.7 Å². The van der Waals surface area contributed by atoms with Gasteiger partial charge in [0.15, 0.2) is 0 Å². The monoisotopic (exact) mass is 552 g/mol. The minimum atomic E-state index is -3.67. The lowest BCUT2D eigenvalue weighted by Crippen LogP contribution is -2.22. The third-order valence-corrected chi connectivity index (χ3v) is 6.49. The van der Waals surface area contributed by atoms with E-state index in [0.717, 1.165) is 50.5 Å². The summed E-state index contributed by atoms with van der Waals surface area (Å²) in [5.74, 6) is 1.89. The maximum atomic E-state index is 9.19. The molecule has 0 aliphatic rings. The lowest BCUT2D eigenvalue weighted by Gasteiger charge is -2.12. The Morgan fingerprint density at radius 2 is 0.974 bits per heavy atom. The quantitative estimate of drug-likeness (QED) is 0.154. The zero-order valence-electron chi connectivity index (χ0n) is 23.1. The molecule has 39 heavy (non-hydrogen) atoms. The van der Waals surface area contributed by atoms with Gasteiger partial charge in [-0.1, -0.05) is 60.7 Å². The van der Waals surface area contributed by atoms with E-state index in [1.165, 1.54) is 45.5 Å². The number of ether oxygens (including phenoxy) is 2. The lowest BCUT2D eigenvalue weighted by atomic mass is 10.0. The Morgan fingerprint density at radius 3 is 1.33 bits per heavy atom. The Morgan fingerprint density at radius 1 is 0.615 bits per heavy atom. The van der Waals surface area contributed by atoms with Gasteiger partial charge < -0.3 is 20.1 Å². The molecule has 0 aliphatic carbocycles. The molecule has 0 aromatic heterocycles. The van der Waals surface area contributed by atoms with Crippen LogP contribution in [0.2, 0.25) is 0 Å². The summed E-state index contributed by atoms with van der Waals surface area (Å²) in [4.78, 5) is 0. The van der Waals surface area contributed by atoms with E-state index in [9.17, 15) is 8.42 Å². The number of unbranched alkanes of at least 4 members (excludes halogenated alkanes) is 1. The van der Waals surface area contributed by atoms with Crippen molar-refractivity contribution in [3.05, 3.63) is 83.9 Å². The van der Waals surface area contributed by atoms with Gasteiger partial charge in [-0.25, -0.2) is 0 Å². The van der Waals surface area contributed by atoms with Gasteiger partial charge in [0.25, 0.3) is 10.1 Å². The summed E-state index contributed by atoms with van der Waals surface area (Å²) in [6, 6.07) is 25.5. The molecule has 0 amide bonds. The normalized spacial score (nSPS) is 11.3. The molecular formula is C31H40N2O5S. The Hall–Kier alpha value is -3.17. The van der Waals surface area contributed by atoms with Crippen LogP contribution in [0.1, 0.15) is 24.0 Å². The van der Waals surface area contributed by atoms with Crippen molar-refractivity contribution in [3.8, 4) is 11.5 Å². The van der Waals surface area contributed by atoms with E-state index >= 15 is 0 Å². The molecule has 210 valence electrons. The Bertz CT molecular complexity index is 1340. The number of hydrogen-bond donors (Lipinski definition) is 3. The number of nitrogens with one attached hydrogen (secondary N) is 2. The van der Waals surface area contributed by atoms with Crippen molar-refractivity contribution in [2.24, 2.45) is 0 Å². The molecule has 0 saturated carbocycles. The summed E-state index contributed by atoms with van der Waals surface area (Å²) in [6.45, 7) is 4.10. The van der Waals surface area contributed by atoms with Crippen LogP contribution >= 0.6 is 0 Å². The zero-order valence-corrected chi connectivity index (χ0v) is 23.9. The highest BCUT2D eigenvalue weighted by atomic mass is 32.2. The van der Waals surface area contributed by atoms with Crippen LogP contribution in [-0.4, -0.2) is 59.6 Å². The van der Waals surface area contributed by atoms with E-state index in [1.807, 2.05) is 0 Å². The molecule has 0 atom stereocenters. The predicted molar refractivity (Wildman–Crippen MR) is 161 cm³/mol. The summed E-state index contributed by atoms with van der Waals surface area (Å²) >= 11 is 0. The maximum Gasteiger partial charge on any atom is 0.261 e. The maximum absolute atomic E-state index is 9.19. The van der Waals surface area contributed by atoms with Crippen LogP contribution in [0.15, 0.2) is 72.8 Å². The molecule has 4 aromatic rings. The molecule has 0 fully saturated rings. The van der Waals surface area contributed by atoms with E-state index in [-0.39, 0.29) is 0 Å². The van der Waals surface area contributed by atoms with Gasteiger partial charge in [-0.3, -0.25) is 4.55 Å². The lowest BCUT2D eigenvalue weighted by molar-refractivity contribution is 0.419. The number of methoxy groups -OCH3 is 2. The van der Waals surface area contributed by atoms with Crippen LogP contribution in [0.3, 0.4) is 0 Å². The van der Waals surface area contributed by atoms with E-state index < -0.39 is 10.1 Å². The van der Waals surface area contributed by atoms with Gasteiger partial charge in [0, 0.05) is 10.8 Å². The molecule has 0 saturated heterocycles. The average Bonchev–Trinajstić information content (AvgIpc) is 2.93. The van der Waals surface area contributed by atoms with Gasteiger partial charge in [0.05, 0.1) is 20.5 Å². The fourth-order valence-corrected chi connectivity index (χ4v) is 4.66. The highest BCUT2D eigenvalue weighted by molar-refractivity contribution is 7.85. The molecule has 3 N–H and O–H groups in total. The van der Waals surface area contributed by atoms with Crippen molar-refractivity contribution in [3.63, 3.8) is 0 Å². The van der Waals surface area contributed by atoms with Crippen LogP contribution in [0.25, 0.3) is 21.5 Å². The Labute approximate surface area is 232 Å². The fraction of sp³-hybridized carbons (Fsp3) is 0.355. The smallest absolute Gasteiger partial charge is 0.261 e. The van der Waals surface area contributed by atoms with Crippen LogP contribution in [-0.2, 0) is 23.0 Å². The first-order chi connectivity index (χ1) is 18.8. The molecule has 0 heterocycles. The molecule has 8 heteroatoms. The van der Waals surface area contributed by atoms with Crippen molar-refractivity contribution in [2.45, 2.75) is 25.7 Å². The Balaban J connectivity index is 0.000000771. The highest BCUT2D eigenvalue weighted by Crippen LogP contribution is 2.29. The van der Waals surface area contributed by atoms with E-state index in [1.54, 1.807) is 14.2 Å². The second kappa shape index (κ2) is 15.4. The van der Waals surface area contributed by atoms with Crippen LogP contribution in [0.5, 0.6) is 11.5 Å². The first-order valence-corrected chi connectivity index (χ1v) is 15.1. The van der Waals surface area contributed by atoms with Crippen molar-refractivity contribution in [1.29, 1.82) is 0 Å². The summed E-state index contributed by atoms with van der Waals surface area (Å²) in [6.07, 6.45) is 5.13. The summed E-state index contributed by atoms with van der Waals surface area (Å²) in [7, 11) is -0.197. The molecule has 4 aromatic carbocycles. The standard InChI is InChI=1S/C30H36N2O2.CH4O3S/c1-33-29-15-13-23(25-9-3-5-11-27(25)29)17-21-31-19-7-8-20-32-22-18-24-14-16-30(34-2)28-12-6-4-10-26(24)28;1-5(2,3)4/h3-6,9-16,31-32H,7-8,17-22H2,1-2H3;1H3,(H,2,3,4). The van der Waals surface area contributed by atoms with Crippen LogP contribution in [0.4, 0.5) is 0 Å². The van der Waals surface area contributed by atoms with Crippen molar-refractivity contribution < 1.29 is 22.4 Å². The highest BCUT2D eigenvalue weighted by Gasteiger charge is 2.07. The number of rotatable bonds is 13. The van der Waals surface area contributed by atoms with Crippen molar-refractivity contribution in [2.75, 3.05) is 46.7 Å². The topological polar surface area (TPSA) is 96.9 Å². The van der Waals surface area contributed by atoms with Gasteiger partial charge >= 0.3 is 0 Å². The molecule has 0 bridgehead atoms. The molecule has 0 radical (unpaired) electrons. The molecule has 0 spiro atoms. The van der Waals surface area contributed by atoms with E-state index in [0.29, 0.717) is 6.26 Å². The third kappa shape index (κ3) is 9.82. The minimum Gasteiger partial charge on any atom is -0.496 e. The van der Waals surface area contributed by atoms with Crippen LogP contribution in [0, 0.1) is 0 Å². The first-order valence-electron chi connectivity index (χ1n) is 13.2. The number of hydrogen-bond acceptors (Lipinski definition) is 6. The third-order valence-electron chi connectivity index (χ3n) is 6.49. The van der Waals surface area contributed by atoms with Gasteiger partial charge in [-0.2, -0.15) is 8.42 Å². The SMILES string of the molecule is COc1ccc(CCNCCCCNCCc2ccc(OC)c3ccccc23)c2ccccc12.CS(=O)(=O)O. The van der Waals surface area contributed by atoms with Crippen molar-refractivity contribution in [1.82, 2.24) is 10.6 Å². The second-order valence-electron chi connectivity index (χ2n) is 9.39. The molecule has 4 rings (SSSR count). The first kappa shape index (κ1) is 30.4. The summed E-state index contributed by atoms with van der Waals surface area (Å²) < 4.78 is 36.9. The summed E-state index contributed by atoms with van der Waals surface area (Å²) in [5.41, 5.74) is 2.74.